The summed E-state index contributed by atoms with van der Waals surface area (Å²) in [6, 6.07) is 92.4. The molecule has 0 saturated heterocycles. The van der Waals surface area contributed by atoms with E-state index in [-0.39, 0.29) is 5.41 Å². The molecule has 0 heterocycles. The largest absolute Gasteiger partial charge is 0.310 e. The lowest BCUT2D eigenvalue weighted by Gasteiger charge is -2.34. The minimum Gasteiger partial charge on any atom is -0.310 e. The van der Waals surface area contributed by atoms with E-state index >= 15 is 0 Å². The predicted molar refractivity (Wildman–Crippen MR) is 284 cm³/mol. The van der Waals surface area contributed by atoms with Crippen molar-refractivity contribution < 1.29 is 0 Å². The fourth-order valence-corrected chi connectivity index (χ4v) is 10.2. The van der Waals surface area contributed by atoms with E-state index in [2.05, 4.69) is 290 Å². The molecule has 10 aromatic carbocycles. The van der Waals surface area contributed by atoms with Crippen LogP contribution in [0.4, 0.5) is 51.2 Å². The third kappa shape index (κ3) is 7.65. The molecule has 0 aliphatic heterocycles. The van der Waals surface area contributed by atoms with E-state index < -0.39 is 0 Å². The summed E-state index contributed by atoms with van der Waals surface area (Å²) in [5, 5.41) is 0. The van der Waals surface area contributed by atoms with E-state index in [9.17, 15) is 0 Å². The molecular formula is C64H51N3. The Bertz CT molecular complexity index is 3150. The Hall–Kier alpha value is -8.40. The molecule has 0 N–H and O–H groups in total. The van der Waals surface area contributed by atoms with Gasteiger partial charge in [0, 0.05) is 39.4 Å². The fraction of sp³-hybridized carbons (Fsp3) is 0.0625. The summed E-state index contributed by atoms with van der Waals surface area (Å²) in [6.07, 6.45) is 0. The van der Waals surface area contributed by atoms with Gasteiger partial charge in [0.2, 0.25) is 0 Å². The Morgan fingerprint density at radius 3 is 1.24 bits per heavy atom. The molecule has 3 heteroatoms. The third-order valence-electron chi connectivity index (χ3n) is 13.3. The molecule has 11 rings (SSSR count). The smallest absolute Gasteiger partial charge is 0.0540 e. The molecule has 0 atom stereocenters. The van der Waals surface area contributed by atoms with Crippen LogP contribution >= 0.6 is 0 Å². The van der Waals surface area contributed by atoms with Gasteiger partial charge in [-0.3, -0.25) is 0 Å². The summed E-state index contributed by atoms with van der Waals surface area (Å²) in [4.78, 5) is 7.25. The maximum absolute atomic E-state index is 2.50. The maximum Gasteiger partial charge on any atom is 0.0540 e. The van der Waals surface area contributed by atoms with Gasteiger partial charge in [0.15, 0.2) is 0 Å². The van der Waals surface area contributed by atoms with Crippen LogP contribution in [0.2, 0.25) is 0 Å². The number of para-hydroxylation sites is 5. The molecule has 0 radical (unpaired) electrons. The van der Waals surface area contributed by atoms with Crippen molar-refractivity contribution in [3.05, 3.63) is 271 Å². The van der Waals surface area contributed by atoms with Crippen molar-refractivity contribution in [1.82, 2.24) is 0 Å². The molecule has 0 saturated carbocycles. The number of aryl methyl sites for hydroxylation is 1. The first-order valence-electron chi connectivity index (χ1n) is 23.2. The Morgan fingerprint density at radius 1 is 0.284 bits per heavy atom. The number of hydrogen-bond acceptors (Lipinski definition) is 3. The first-order valence-corrected chi connectivity index (χ1v) is 23.2. The lowest BCUT2D eigenvalue weighted by Crippen LogP contribution is -2.18. The number of nitrogens with zero attached hydrogens (tertiary/aromatic N) is 3. The zero-order chi connectivity index (χ0) is 45.3. The lowest BCUT2D eigenvalue weighted by molar-refractivity contribution is 0.660. The quantitative estimate of drug-likeness (QED) is 0.128. The molecule has 1 aliphatic rings. The molecule has 3 nitrogen and oxygen atoms in total. The van der Waals surface area contributed by atoms with E-state index in [0.717, 1.165) is 56.7 Å². The van der Waals surface area contributed by atoms with Crippen molar-refractivity contribution in [2.75, 3.05) is 14.7 Å². The Kier molecular flexibility index (Phi) is 10.8. The molecule has 0 aromatic heterocycles. The number of anilines is 9. The molecule has 0 bridgehead atoms. The van der Waals surface area contributed by atoms with Crippen LogP contribution in [0.3, 0.4) is 0 Å². The van der Waals surface area contributed by atoms with Crippen molar-refractivity contribution in [1.29, 1.82) is 0 Å². The molecule has 67 heavy (non-hydrogen) atoms. The van der Waals surface area contributed by atoms with E-state index in [1.54, 1.807) is 0 Å². The molecule has 10 aromatic rings. The van der Waals surface area contributed by atoms with Gasteiger partial charge in [-0.1, -0.05) is 184 Å². The second kappa shape index (κ2) is 17.5. The van der Waals surface area contributed by atoms with Crippen LogP contribution < -0.4 is 14.7 Å². The van der Waals surface area contributed by atoms with Gasteiger partial charge in [-0.05, 0) is 136 Å². The number of benzene rings is 10. The van der Waals surface area contributed by atoms with Crippen LogP contribution in [0.25, 0.3) is 33.4 Å². The summed E-state index contributed by atoms with van der Waals surface area (Å²) >= 11 is 0. The molecular weight excluding hydrogens is 811 g/mol. The van der Waals surface area contributed by atoms with Crippen LogP contribution in [-0.4, -0.2) is 0 Å². The normalized spacial score (nSPS) is 12.2. The topological polar surface area (TPSA) is 9.72 Å². The zero-order valence-electron chi connectivity index (χ0n) is 38.1. The Morgan fingerprint density at radius 2 is 0.716 bits per heavy atom. The van der Waals surface area contributed by atoms with Crippen LogP contribution in [0, 0.1) is 6.92 Å². The number of hydrogen-bond donors (Lipinski definition) is 0. The Labute approximate surface area is 395 Å². The van der Waals surface area contributed by atoms with Gasteiger partial charge in [-0.15, -0.1) is 0 Å². The van der Waals surface area contributed by atoms with Crippen LogP contribution in [0.5, 0.6) is 0 Å². The van der Waals surface area contributed by atoms with Gasteiger partial charge >= 0.3 is 0 Å². The van der Waals surface area contributed by atoms with E-state index in [4.69, 9.17) is 0 Å². The van der Waals surface area contributed by atoms with E-state index in [1.807, 2.05) is 0 Å². The van der Waals surface area contributed by atoms with Crippen molar-refractivity contribution >= 4 is 51.2 Å². The summed E-state index contributed by atoms with van der Waals surface area (Å²) < 4.78 is 0. The average Bonchev–Trinajstić information content (AvgIpc) is 3.62. The summed E-state index contributed by atoms with van der Waals surface area (Å²) in [6.45, 7) is 7.00. The highest BCUT2D eigenvalue weighted by atomic mass is 15.2. The number of rotatable bonds is 11. The molecule has 0 amide bonds. The first kappa shape index (κ1) is 41.3. The van der Waals surface area contributed by atoms with Crippen molar-refractivity contribution in [3.8, 4) is 33.4 Å². The third-order valence-corrected chi connectivity index (χ3v) is 13.3. The fourth-order valence-electron chi connectivity index (χ4n) is 10.2. The zero-order valence-corrected chi connectivity index (χ0v) is 38.1. The summed E-state index contributed by atoms with van der Waals surface area (Å²) in [5.41, 5.74) is 20.6. The van der Waals surface area contributed by atoms with Gasteiger partial charge < -0.3 is 14.7 Å². The highest BCUT2D eigenvalue weighted by Crippen LogP contribution is 2.54. The van der Waals surface area contributed by atoms with Gasteiger partial charge in [0.1, 0.15) is 0 Å². The molecule has 1 aliphatic carbocycles. The number of fused-ring (bicyclic) bond motifs is 3. The highest BCUT2D eigenvalue weighted by molar-refractivity contribution is 5.97. The maximum atomic E-state index is 2.50. The molecule has 0 spiro atoms. The second-order valence-corrected chi connectivity index (χ2v) is 17.8. The molecule has 0 unspecified atom stereocenters. The second-order valence-electron chi connectivity index (χ2n) is 17.8. The minimum atomic E-state index is -0.209. The Balaban J connectivity index is 1.23. The first-order chi connectivity index (χ1) is 32.9. The van der Waals surface area contributed by atoms with Crippen LogP contribution in [-0.2, 0) is 5.41 Å². The van der Waals surface area contributed by atoms with Gasteiger partial charge in [-0.25, -0.2) is 0 Å². The van der Waals surface area contributed by atoms with Crippen LogP contribution in [0.1, 0.15) is 30.5 Å². The SMILES string of the molecule is Cc1cccc2c1-c1ccc(N(c3cc(N(c4ccccc4)c4ccccc4)cc(N(c4ccccc4)c4ccccc4)c3)c3ccccc3-c3ccccc3-c3ccccc3)cc1C2(C)C. The van der Waals surface area contributed by atoms with E-state index in [0.29, 0.717) is 0 Å². The standard InChI is InChI=1S/C64H51N3/c1-46-24-23-38-60-63(46)59-41-40-52(45-61(59)64(60,2)3)67(62-39-22-21-37-58(62)57-36-20-19-35-56(57)47-25-9-4-10-26-47)55-43-53(65(48-27-11-5-12-28-48)49-29-13-6-14-30-49)42-54(44-55)66(50-31-15-7-16-32-50)51-33-17-8-18-34-51/h4-45H,1-3H3. The van der Waals surface area contributed by atoms with Gasteiger partial charge in [0.05, 0.1) is 22.7 Å². The lowest BCUT2D eigenvalue weighted by atomic mass is 9.82. The van der Waals surface area contributed by atoms with E-state index in [1.165, 1.54) is 44.5 Å². The van der Waals surface area contributed by atoms with Gasteiger partial charge in [-0.2, -0.15) is 0 Å². The average molecular weight is 862 g/mol. The van der Waals surface area contributed by atoms with Crippen molar-refractivity contribution in [3.63, 3.8) is 0 Å². The van der Waals surface area contributed by atoms with Crippen molar-refractivity contribution in [2.24, 2.45) is 0 Å². The highest BCUT2D eigenvalue weighted by Gasteiger charge is 2.37. The van der Waals surface area contributed by atoms with Crippen LogP contribution in [0.15, 0.2) is 255 Å². The molecule has 0 fully saturated rings. The minimum absolute atomic E-state index is 0.209. The summed E-state index contributed by atoms with van der Waals surface area (Å²) in [7, 11) is 0. The molecule has 322 valence electrons. The van der Waals surface area contributed by atoms with Crippen molar-refractivity contribution in [2.45, 2.75) is 26.2 Å². The monoisotopic (exact) mass is 861 g/mol. The summed E-state index contributed by atoms with van der Waals surface area (Å²) in [5.74, 6) is 0. The van der Waals surface area contributed by atoms with Gasteiger partial charge in [0.25, 0.3) is 0 Å². The predicted octanol–water partition coefficient (Wildman–Crippen LogP) is 18.0.